The molecular formula is C70H112ClF3N12O14. The van der Waals surface area contributed by atoms with Gasteiger partial charge in [0.15, 0.2) is 0 Å². The Morgan fingerprint density at radius 1 is 0.670 bits per heavy atom. The zero-order valence-electron chi connectivity index (χ0n) is 60.8. The molecule has 7 fully saturated rings. The lowest BCUT2D eigenvalue weighted by Gasteiger charge is -2.47. The third-order valence-electron chi connectivity index (χ3n) is 22.2. The maximum absolute atomic E-state index is 15.6. The number of morpholine rings is 1. The average molecular weight is 1440 g/mol. The predicted molar refractivity (Wildman–Crippen MR) is 364 cm³/mol. The zero-order valence-corrected chi connectivity index (χ0v) is 61.5. The first-order valence-corrected chi connectivity index (χ1v) is 36.9. The van der Waals surface area contributed by atoms with Crippen LogP contribution in [0.15, 0.2) is 0 Å². The molecule has 564 valence electrons. The summed E-state index contributed by atoms with van der Waals surface area (Å²) in [5.74, 6) is -11.1. The van der Waals surface area contributed by atoms with Crippen LogP contribution in [0.25, 0.3) is 0 Å². The van der Waals surface area contributed by atoms with E-state index in [1.165, 1.54) is 71.7 Å². The standard InChI is InChI=1S/C70H112ClF3N12O14/c1-12-30-85-54(42-100-47-21-16-22-47)64(94)79(7)39-55(87)75-50(27-25-45-24-26-48(49(71)37-45)70(72,73)74)63(93)86-31-17-23-51(86)62(92)77-69(28-18-29-69)68(98)83(11)60(46-19-14-15-20-46)67(97)82(10)53(65(95)84-32-34-99-35-33-84)38-56(88)81(9)52(36-43(3)4)61(91)76-59(44(5)13-2)66(96)80(8)40-57(89)78(6)41-58(85)90/h43-54,59-60H,12-42H2,1-11H3,(H,75,87)(H,76,91)(H,77,92)/t44-,45?,48?,49?,50-,51-,52-,53-,54-,59-,60-/m0/s1. The Labute approximate surface area is 592 Å². The number of hydrogen-bond donors (Lipinski definition) is 3. The van der Waals surface area contributed by atoms with Gasteiger partial charge in [0.05, 0.1) is 57.9 Å². The van der Waals surface area contributed by atoms with Gasteiger partial charge in [-0.25, -0.2) is 0 Å². The lowest BCUT2D eigenvalue weighted by molar-refractivity contribution is -0.182. The van der Waals surface area contributed by atoms with Crippen molar-refractivity contribution in [3.63, 3.8) is 0 Å². The molecule has 0 radical (unpaired) electrons. The molecule has 4 aliphatic carbocycles. The first-order chi connectivity index (χ1) is 47.2. The van der Waals surface area contributed by atoms with Crippen LogP contribution in [0.5, 0.6) is 0 Å². The molecule has 26 nitrogen and oxygen atoms in total. The molecule has 0 aromatic heterocycles. The average Bonchev–Trinajstić information content (AvgIpc) is 1.19. The lowest BCUT2D eigenvalue weighted by Crippen LogP contribution is -2.68. The van der Waals surface area contributed by atoms with E-state index < -0.39 is 174 Å². The summed E-state index contributed by atoms with van der Waals surface area (Å²) < 4.78 is 53.8. The molecule has 11 atom stereocenters. The van der Waals surface area contributed by atoms with Gasteiger partial charge in [-0.3, -0.25) is 57.5 Å². The molecule has 7 aliphatic rings. The number of amides is 12. The summed E-state index contributed by atoms with van der Waals surface area (Å²) in [6.45, 7) is 7.84. The Kier molecular flexibility index (Phi) is 29.3. The third kappa shape index (κ3) is 20.1. The van der Waals surface area contributed by atoms with Crippen LogP contribution in [0.3, 0.4) is 0 Å². The monoisotopic (exact) mass is 1440 g/mol. The van der Waals surface area contributed by atoms with Gasteiger partial charge in [-0.1, -0.05) is 53.9 Å². The Balaban J connectivity index is 1.27. The topological polar surface area (TPSA) is 289 Å². The second-order valence-corrected chi connectivity index (χ2v) is 30.4. The molecule has 100 heavy (non-hydrogen) atoms. The van der Waals surface area contributed by atoms with Crippen LogP contribution in [0.2, 0.25) is 0 Å². The number of nitrogens with one attached hydrogen (secondary N) is 3. The number of rotatable bonds is 14. The highest BCUT2D eigenvalue weighted by molar-refractivity contribution is 6.21. The molecule has 3 saturated heterocycles. The second-order valence-electron chi connectivity index (χ2n) is 29.8. The van der Waals surface area contributed by atoms with Crippen molar-refractivity contribution in [3.8, 4) is 0 Å². The fraction of sp³-hybridized carbons (Fsp3) is 0.829. The van der Waals surface area contributed by atoms with Crippen LogP contribution < -0.4 is 16.0 Å². The van der Waals surface area contributed by atoms with Gasteiger partial charge in [0.1, 0.15) is 47.8 Å². The van der Waals surface area contributed by atoms with E-state index in [2.05, 4.69) is 16.0 Å². The maximum atomic E-state index is 15.6. The Bertz CT molecular complexity index is 2910. The number of hydrogen-bond acceptors (Lipinski definition) is 14. The molecule has 7 rings (SSSR count). The van der Waals surface area contributed by atoms with Gasteiger partial charge < -0.3 is 69.5 Å². The minimum absolute atomic E-state index is 0.0123. The van der Waals surface area contributed by atoms with Crippen LogP contribution in [-0.4, -0.2) is 288 Å². The molecule has 3 aliphatic heterocycles. The molecule has 3 N–H and O–H groups in total. The predicted octanol–water partition coefficient (Wildman–Crippen LogP) is 3.93. The molecule has 12 amide bonds. The summed E-state index contributed by atoms with van der Waals surface area (Å²) in [6, 6.07) is -8.89. The Morgan fingerprint density at radius 2 is 1.32 bits per heavy atom. The van der Waals surface area contributed by atoms with E-state index in [0.717, 1.165) is 34.0 Å². The summed E-state index contributed by atoms with van der Waals surface area (Å²) >= 11 is 6.39. The number of alkyl halides is 4. The van der Waals surface area contributed by atoms with Crippen LogP contribution in [0, 0.1) is 29.6 Å². The zero-order chi connectivity index (χ0) is 73.7. The van der Waals surface area contributed by atoms with Crippen LogP contribution in [-0.2, 0) is 67.0 Å². The molecule has 0 aromatic carbocycles. The molecule has 3 heterocycles. The summed E-state index contributed by atoms with van der Waals surface area (Å²) in [6.07, 6.45) is 1.75. The van der Waals surface area contributed by atoms with E-state index in [1.54, 1.807) is 13.8 Å². The number of nitrogens with zero attached hydrogens (tertiary/aromatic N) is 9. The summed E-state index contributed by atoms with van der Waals surface area (Å²) in [5, 5.41) is 7.48. The number of carbonyl (C=O) groups excluding carboxylic acids is 12. The van der Waals surface area contributed by atoms with Crippen molar-refractivity contribution < 1.29 is 80.2 Å². The van der Waals surface area contributed by atoms with Gasteiger partial charge in [0, 0.05) is 73.8 Å². The van der Waals surface area contributed by atoms with Crippen molar-refractivity contribution in [1.29, 1.82) is 0 Å². The van der Waals surface area contributed by atoms with E-state index in [0.29, 0.717) is 51.4 Å². The fourth-order valence-corrected chi connectivity index (χ4v) is 15.8. The maximum Gasteiger partial charge on any atom is 0.393 e. The third-order valence-corrected chi connectivity index (χ3v) is 22.7. The first kappa shape index (κ1) is 80.9. The van der Waals surface area contributed by atoms with E-state index in [4.69, 9.17) is 21.1 Å². The molecule has 0 bridgehead atoms. The van der Waals surface area contributed by atoms with E-state index >= 15 is 19.2 Å². The van der Waals surface area contributed by atoms with Crippen LogP contribution >= 0.6 is 11.6 Å². The molecule has 3 unspecified atom stereocenters. The van der Waals surface area contributed by atoms with Gasteiger partial charge in [-0.05, 0) is 133 Å². The lowest BCUT2D eigenvalue weighted by atomic mass is 9.74. The minimum atomic E-state index is -4.52. The summed E-state index contributed by atoms with van der Waals surface area (Å²) in [4.78, 5) is 190. The molecular weight excluding hydrogens is 1330 g/mol. The van der Waals surface area contributed by atoms with Crippen molar-refractivity contribution in [3.05, 3.63) is 0 Å². The van der Waals surface area contributed by atoms with Gasteiger partial charge in [0.25, 0.3) is 0 Å². The van der Waals surface area contributed by atoms with Crippen LogP contribution in [0.4, 0.5) is 13.2 Å². The Morgan fingerprint density at radius 3 is 1.90 bits per heavy atom. The molecule has 4 saturated carbocycles. The van der Waals surface area contributed by atoms with Gasteiger partial charge in [0.2, 0.25) is 70.9 Å². The first-order valence-electron chi connectivity index (χ1n) is 36.5. The van der Waals surface area contributed by atoms with Crippen molar-refractivity contribution in [1.82, 2.24) is 60.0 Å². The normalized spacial score (nSPS) is 29.6. The fourth-order valence-electron chi connectivity index (χ4n) is 15.3. The van der Waals surface area contributed by atoms with Crippen molar-refractivity contribution >= 4 is 82.5 Å². The van der Waals surface area contributed by atoms with Gasteiger partial charge in [-0.15, -0.1) is 11.6 Å². The number of ether oxygens (including phenoxy) is 2. The van der Waals surface area contributed by atoms with Crippen molar-refractivity contribution in [2.45, 2.75) is 235 Å². The van der Waals surface area contributed by atoms with E-state index in [-0.39, 0.29) is 122 Å². The van der Waals surface area contributed by atoms with Crippen molar-refractivity contribution in [2.24, 2.45) is 29.6 Å². The molecule has 0 aromatic rings. The number of carbonyl (C=O) groups is 12. The van der Waals surface area contributed by atoms with Crippen LogP contribution in [0.1, 0.15) is 169 Å². The number of likely N-dealkylation sites (N-methyl/N-ethyl adjacent to an activating group) is 6. The number of halogens is 4. The Hall–Kier alpha value is -6.36. The van der Waals surface area contributed by atoms with Gasteiger partial charge >= 0.3 is 6.18 Å². The number of fused-ring (bicyclic) bond motifs is 1. The highest BCUT2D eigenvalue weighted by Crippen LogP contribution is 2.44. The highest BCUT2D eigenvalue weighted by Gasteiger charge is 2.54. The second kappa shape index (κ2) is 36.2. The smallest absolute Gasteiger partial charge is 0.378 e. The quantitative estimate of drug-likeness (QED) is 0.208. The molecule has 30 heteroatoms. The van der Waals surface area contributed by atoms with E-state index in [1.807, 2.05) is 20.8 Å². The SMILES string of the molecule is CCCN1C(=O)CN(C)C(=O)CN(C)C(=O)[C@H]([C@@H](C)CC)NC(=O)[C@H](CC(C)C)N(C)C(=O)C[C@@H](C(=O)N2CCOCC2)N(C)C(=O)[C@H](C2CCCC2)N(C)C(=O)C2(CCC2)NC(=O)[C@@H]2CCCN2C(=O)[C@H](CCC2CCC(C(F)(F)F)C(Cl)C2)NC(=O)CN(C)C(=O)[C@@H]1COC1CCC1. The van der Waals surface area contributed by atoms with Gasteiger partial charge in [-0.2, -0.15) is 13.2 Å². The largest absolute Gasteiger partial charge is 0.393 e. The highest BCUT2D eigenvalue weighted by atomic mass is 35.5. The summed E-state index contributed by atoms with van der Waals surface area (Å²) in [7, 11) is 8.44. The van der Waals surface area contributed by atoms with E-state index in [9.17, 15) is 51.5 Å². The molecule has 1 spiro atoms. The van der Waals surface area contributed by atoms with Crippen molar-refractivity contribution in [2.75, 3.05) is 108 Å². The summed E-state index contributed by atoms with van der Waals surface area (Å²) in [5.41, 5.74) is -1.54. The minimum Gasteiger partial charge on any atom is -0.378 e.